The Morgan fingerprint density at radius 1 is 1.28 bits per heavy atom. The zero-order valence-corrected chi connectivity index (χ0v) is 17.3. The number of hydrogen-bond acceptors (Lipinski definition) is 8. The van der Waals surface area contributed by atoms with E-state index in [9.17, 15) is 4.79 Å². The van der Waals surface area contributed by atoms with E-state index in [2.05, 4.69) is 30.2 Å². The summed E-state index contributed by atoms with van der Waals surface area (Å²) in [4.78, 5) is 26.0. The van der Waals surface area contributed by atoms with Crippen LogP contribution >= 0.6 is 11.8 Å². The summed E-state index contributed by atoms with van der Waals surface area (Å²) in [5.41, 5.74) is 1.48. The maximum absolute atomic E-state index is 13.1. The first-order valence-electron chi connectivity index (χ1n) is 9.48. The monoisotopic (exact) mass is 413 g/mol. The number of aryl methyl sites for hydroxylation is 2. The van der Waals surface area contributed by atoms with Gasteiger partial charge in [0.25, 0.3) is 5.91 Å². The van der Waals surface area contributed by atoms with Gasteiger partial charge in [-0.15, -0.1) is 0 Å². The van der Waals surface area contributed by atoms with Crippen LogP contribution in [0.4, 0.5) is 0 Å². The molecule has 9 nitrogen and oxygen atoms in total. The highest BCUT2D eigenvalue weighted by atomic mass is 32.2. The van der Waals surface area contributed by atoms with Crippen molar-refractivity contribution < 1.29 is 9.32 Å². The van der Waals surface area contributed by atoms with Gasteiger partial charge < -0.3 is 9.42 Å². The quantitative estimate of drug-likeness (QED) is 0.613. The Bertz CT molecular complexity index is 978. The summed E-state index contributed by atoms with van der Waals surface area (Å²) in [6, 6.07) is 5.54. The van der Waals surface area contributed by atoms with E-state index in [-0.39, 0.29) is 5.91 Å². The number of rotatable bonds is 6. The van der Waals surface area contributed by atoms with Crippen LogP contribution in [0.15, 0.2) is 33.9 Å². The second-order valence-electron chi connectivity index (χ2n) is 6.98. The van der Waals surface area contributed by atoms with E-state index in [1.54, 1.807) is 12.3 Å². The molecule has 29 heavy (non-hydrogen) atoms. The third-order valence-electron chi connectivity index (χ3n) is 4.70. The van der Waals surface area contributed by atoms with Crippen molar-refractivity contribution in [2.45, 2.75) is 31.2 Å². The van der Waals surface area contributed by atoms with Gasteiger partial charge in [0.2, 0.25) is 0 Å². The lowest BCUT2D eigenvalue weighted by Gasteiger charge is -2.34. The number of H-pyrrole nitrogens is 1. The fourth-order valence-corrected chi connectivity index (χ4v) is 4.10. The molecule has 1 aliphatic heterocycles. The fraction of sp³-hybridized carbons (Fsp3) is 0.421. The average Bonchev–Trinajstić information content (AvgIpc) is 3.34. The van der Waals surface area contributed by atoms with Crippen LogP contribution in [0.2, 0.25) is 0 Å². The second-order valence-corrected chi connectivity index (χ2v) is 7.94. The SMILES string of the molecule is Cc1nc(CN2CCN(C(=O)c3cccnc3SCc3cc(C)on3)CC2)n[nH]1. The van der Waals surface area contributed by atoms with E-state index < -0.39 is 0 Å². The third kappa shape index (κ3) is 4.83. The van der Waals surface area contributed by atoms with Gasteiger partial charge in [-0.3, -0.25) is 14.8 Å². The molecule has 0 radical (unpaired) electrons. The Morgan fingerprint density at radius 2 is 2.10 bits per heavy atom. The number of carbonyl (C=O) groups is 1. The highest BCUT2D eigenvalue weighted by molar-refractivity contribution is 7.98. The number of pyridine rings is 1. The zero-order chi connectivity index (χ0) is 20.2. The molecule has 0 atom stereocenters. The topological polar surface area (TPSA) is 104 Å². The zero-order valence-electron chi connectivity index (χ0n) is 16.5. The van der Waals surface area contributed by atoms with Crippen LogP contribution in [0.1, 0.15) is 33.5 Å². The molecule has 4 heterocycles. The molecule has 3 aromatic heterocycles. The first-order chi connectivity index (χ1) is 14.1. The largest absolute Gasteiger partial charge is 0.361 e. The van der Waals surface area contributed by atoms with Crippen molar-refractivity contribution in [1.82, 2.24) is 35.1 Å². The van der Waals surface area contributed by atoms with Gasteiger partial charge in [0.15, 0.2) is 5.82 Å². The molecule has 1 aliphatic rings. The van der Waals surface area contributed by atoms with E-state index in [1.165, 1.54) is 11.8 Å². The highest BCUT2D eigenvalue weighted by Gasteiger charge is 2.25. The van der Waals surface area contributed by atoms with Gasteiger partial charge in [-0.05, 0) is 26.0 Å². The Hall–Kier alpha value is -2.72. The summed E-state index contributed by atoms with van der Waals surface area (Å²) in [6.07, 6.45) is 1.71. The molecule has 10 heteroatoms. The fourth-order valence-electron chi connectivity index (χ4n) is 3.24. The maximum atomic E-state index is 13.1. The Morgan fingerprint density at radius 3 is 2.79 bits per heavy atom. The first kappa shape index (κ1) is 19.6. The van der Waals surface area contributed by atoms with Crippen molar-refractivity contribution in [2.75, 3.05) is 26.2 Å². The normalized spacial score (nSPS) is 15.0. The Kier molecular flexibility index (Phi) is 5.91. The molecule has 1 N–H and O–H groups in total. The van der Waals surface area contributed by atoms with Crippen LogP contribution in [0.5, 0.6) is 0 Å². The summed E-state index contributed by atoms with van der Waals surface area (Å²) < 4.78 is 5.11. The summed E-state index contributed by atoms with van der Waals surface area (Å²) >= 11 is 1.50. The molecule has 0 aromatic carbocycles. The van der Waals surface area contributed by atoms with Gasteiger partial charge >= 0.3 is 0 Å². The number of nitrogens with one attached hydrogen (secondary N) is 1. The summed E-state index contributed by atoms with van der Waals surface area (Å²) in [6.45, 7) is 7.37. The molecular weight excluding hydrogens is 390 g/mol. The minimum absolute atomic E-state index is 0.0188. The first-order valence-corrected chi connectivity index (χ1v) is 10.5. The highest BCUT2D eigenvalue weighted by Crippen LogP contribution is 2.25. The maximum Gasteiger partial charge on any atom is 0.256 e. The van der Waals surface area contributed by atoms with Crippen LogP contribution in [0.25, 0.3) is 0 Å². The molecule has 1 fully saturated rings. The molecule has 4 rings (SSSR count). The van der Waals surface area contributed by atoms with Crippen LogP contribution in [-0.2, 0) is 12.3 Å². The van der Waals surface area contributed by atoms with E-state index in [0.717, 1.165) is 41.2 Å². The molecule has 0 saturated carbocycles. The van der Waals surface area contributed by atoms with Crippen molar-refractivity contribution in [3.05, 3.63) is 53.1 Å². The summed E-state index contributed by atoms with van der Waals surface area (Å²) in [7, 11) is 0. The number of thioether (sulfide) groups is 1. The molecule has 1 saturated heterocycles. The van der Waals surface area contributed by atoms with Gasteiger partial charge in [-0.1, -0.05) is 16.9 Å². The third-order valence-corrected chi connectivity index (χ3v) is 5.74. The van der Waals surface area contributed by atoms with Crippen LogP contribution in [0, 0.1) is 13.8 Å². The molecule has 152 valence electrons. The lowest BCUT2D eigenvalue weighted by molar-refractivity contribution is 0.0621. The van der Waals surface area contributed by atoms with Crippen LogP contribution < -0.4 is 0 Å². The molecule has 0 spiro atoms. The lowest BCUT2D eigenvalue weighted by Crippen LogP contribution is -2.48. The minimum atomic E-state index is 0.0188. The van der Waals surface area contributed by atoms with Crippen LogP contribution in [0.3, 0.4) is 0 Å². The minimum Gasteiger partial charge on any atom is -0.361 e. The predicted octanol–water partition coefficient (Wildman–Crippen LogP) is 2.05. The van der Waals surface area contributed by atoms with Crippen molar-refractivity contribution in [1.29, 1.82) is 0 Å². The number of hydrogen-bond donors (Lipinski definition) is 1. The molecule has 0 unspecified atom stereocenters. The van der Waals surface area contributed by atoms with E-state index in [4.69, 9.17) is 4.52 Å². The Balaban J connectivity index is 1.36. The van der Waals surface area contributed by atoms with Crippen LogP contribution in [-0.4, -0.2) is 67.2 Å². The van der Waals surface area contributed by atoms with E-state index in [1.807, 2.05) is 30.9 Å². The average molecular weight is 414 g/mol. The lowest BCUT2D eigenvalue weighted by atomic mass is 10.2. The van der Waals surface area contributed by atoms with Gasteiger partial charge in [0.1, 0.15) is 16.6 Å². The van der Waals surface area contributed by atoms with Crippen molar-refractivity contribution in [3.8, 4) is 0 Å². The molecule has 3 aromatic rings. The van der Waals surface area contributed by atoms with Gasteiger partial charge in [-0.25, -0.2) is 9.97 Å². The summed E-state index contributed by atoms with van der Waals surface area (Å²) in [5.74, 6) is 3.01. The molecule has 0 bridgehead atoms. The van der Waals surface area contributed by atoms with Crippen molar-refractivity contribution in [2.24, 2.45) is 0 Å². The molecular formula is C19H23N7O2S. The van der Waals surface area contributed by atoms with Gasteiger partial charge in [-0.2, -0.15) is 5.10 Å². The van der Waals surface area contributed by atoms with Crippen molar-refractivity contribution >= 4 is 17.7 Å². The molecule has 1 amide bonds. The Labute approximate surface area is 172 Å². The van der Waals surface area contributed by atoms with Gasteiger partial charge in [0.05, 0.1) is 17.8 Å². The number of carbonyl (C=O) groups excluding carboxylic acids is 1. The molecule has 0 aliphatic carbocycles. The standard InChI is InChI=1S/C19H23N7O2S/c1-13-10-15(24-28-13)12-29-18-16(4-3-5-20-18)19(27)26-8-6-25(7-9-26)11-17-21-14(2)22-23-17/h3-5,10H,6-9,11-12H2,1-2H3,(H,21,22,23). The predicted molar refractivity (Wildman–Crippen MR) is 107 cm³/mol. The number of amides is 1. The van der Waals surface area contributed by atoms with E-state index >= 15 is 0 Å². The summed E-state index contributed by atoms with van der Waals surface area (Å²) in [5, 5.41) is 11.8. The number of piperazine rings is 1. The van der Waals surface area contributed by atoms with Crippen molar-refractivity contribution in [3.63, 3.8) is 0 Å². The van der Waals surface area contributed by atoms with E-state index in [0.29, 0.717) is 31.0 Å². The number of aromatic nitrogens is 5. The smallest absolute Gasteiger partial charge is 0.256 e. The number of nitrogens with zero attached hydrogens (tertiary/aromatic N) is 6. The number of aromatic amines is 1. The second kappa shape index (κ2) is 8.75. The van der Waals surface area contributed by atoms with Gasteiger partial charge in [0, 0.05) is 44.2 Å².